The Morgan fingerprint density at radius 3 is 2.35 bits per heavy atom. The summed E-state index contributed by atoms with van der Waals surface area (Å²) >= 11 is 0. The molecule has 5 rings (SSSR count). The van der Waals surface area contributed by atoms with Crippen LogP contribution in [0, 0.1) is 12.8 Å². The molecule has 0 atom stereocenters. The van der Waals surface area contributed by atoms with Gasteiger partial charge >= 0.3 is 0 Å². The fraction of sp³-hybridized carbons (Fsp3) is 0.370. The van der Waals surface area contributed by atoms with Crippen molar-refractivity contribution in [2.75, 3.05) is 49.1 Å². The first-order valence-corrected chi connectivity index (χ1v) is 12.1. The molecule has 2 aliphatic heterocycles. The summed E-state index contributed by atoms with van der Waals surface area (Å²) in [7, 11) is 0. The Morgan fingerprint density at radius 2 is 1.62 bits per heavy atom. The number of piperidine rings is 1. The standard InChI is InChI=1S/C27H31N5O2/c1-21-6-5-7-23(18-21)30-14-16-32(17-15-30)27(33)22-10-12-31(13-11-22)25-19-26(29-20-28-25)34-24-8-3-2-4-9-24/h2-9,18-20,22H,10-17H2,1H3. The highest BCUT2D eigenvalue weighted by atomic mass is 16.5. The normalized spacial score (nSPS) is 17.0. The number of carbonyl (C=O) groups excluding carboxylic acids is 1. The van der Waals surface area contributed by atoms with Crippen LogP contribution in [0.5, 0.6) is 11.6 Å². The minimum absolute atomic E-state index is 0.0867. The molecule has 0 bridgehead atoms. The molecule has 2 aliphatic rings. The van der Waals surface area contributed by atoms with E-state index in [0.717, 1.165) is 63.7 Å². The first-order chi connectivity index (χ1) is 16.7. The lowest BCUT2D eigenvalue weighted by molar-refractivity contribution is -0.136. The predicted octanol–water partition coefficient (Wildman–Crippen LogP) is 4.14. The van der Waals surface area contributed by atoms with Crippen LogP contribution in [-0.2, 0) is 4.79 Å². The lowest BCUT2D eigenvalue weighted by atomic mass is 9.95. The van der Waals surface area contributed by atoms with E-state index in [9.17, 15) is 4.79 Å². The van der Waals surface area contributed by atoms with Crippen molar-refractivity contribution in [1.82, 2.24) is 14.9 Å². The van der Waals surface area contributed by atoms with Crippen molar-refractivity contribution in [3.05, 3.63) is 72.6 Å². The number of aryl methyl sites for hydroxylation is 1. The number of rotatable bonds is 5. The summed E-state index contributed by atoms with van der Waals surface area (Å²) in [5.41, 5.74) is 2.52. The van der Waals surface area contributed by atoms with Crippen LogP contribution < -0.4 is 14.5 Å². The van der Waals surface area contributed by atoms with Gasteiger partial charge in [0.1, 0.15) is 17.9 Å². The number of ether oxygens (including phenoxy) is 1. The Hall–Kier alpha value is -3.61. The average molecular weight is 458 g/mol. The molecule has 176 valence electrons. The zero-order chi connectivity index (χ0) is 23.3. The summed E-state index contributed by atoms with van der Waals surface area (Å²) in [6.45, 7) is 7.09. The highest BCUT2D eigenvalue weighted by Gasteiger charge is 2.31. The van der Waals surface area contributed by atoms with E-state index in [1.807, 2.05) is 36.4 Å². The highest BCUT2D eigenvalue weighted by molar-refractivity contribution is 5.79. The number of hydrogen-bond acceptors (Lipinski definition) is 6. The average Bonchev–Trinajstić information content (AvgIpc) is 2.89. The van der Waals surface area contributed by atoms with Crippen molar-refractivity contribution in [2.45, 2.75) is 19.8 Å². The minimum atomic E-state index is 0.0867. The van der Waals surface area contributed by atoms with E-state index in [-0.39, 0.29) is 5.92 Å². The van der Waals surface area contributed by atoms with Crippen LogP contribution in [0.25, 0.3) is 0 Å². The molecular formula is C27H31N5O2. The molecule has 1 aromatic heterocycles. The van der Waals surface area contributed by atoms with Crippen LogP contribution >= 0.6 is 0 Å². The molecule has 7 heteroatoms. The number of aromatic nitrogens is 2. The van der Waals surface area contributed by atoms with Gasteiger partial charge in [-0.25, -0.2) is 9.97 Å². The molecule has 2 saturated heterocycles. The van der Waals surface area contributed by atoms with Gasteiger partial charge in [-0.2, -0.15) is 0 Å². The van der Waals surface area contributed by atoms with Crippen molar-refractivity contribution < 1.29 is 9.53 Å². The second kappa shape index (κ2) is 10.1. The van der Waals surface area contributed by atoms with Gasteiger partial charge in [-0.15, -0.1) is 0 Å². The van der Waals surface area contributed by atoms with E-state index in [2.05, 4.69) is 55.9 Å². The summed E-state index contributed by atoms with van der Waals surface area (Å²) in [6.07, 6.45) is 3.23. The van der Waals surface area contributed by atoms with Crippen molar-refractivity contribution in [1.29, 1.82) is 0 Å². The van der Waals surface area contributed by atoms with E-state index in [1.165, 1.54) is 11.3 Å². The minimum Gasteiger partial charge on any atom is -0.439 e. The number of benzene rings is 2. The Balaban J connectivity index is 1.13. The van der Waals surface area contributed by atoms with Gasteiger partial charge in [-0.3, -0.25) is 4.79 Å². The van der Waals surface area contributed by atoms with Gasteiger partial charge in [-0.1, -0.05) is 30.3 Å². The quantitative estimate of drug-likeness (QED) is 0.574. The Bertz CT molecular complexity index is 1110. The first-order valence-electron chi connectivity index (χ1n) is 12.1. The van der Waals surface area contributed by atoms with E-state index in [0.29, 0.717) is 11.8 Å². The monoisotopic (exact) mass is 457 g/mol. The molecule has 0 saturated carbocycles. The molecule has 0 unspecified atom stereocenters. The smallest absolute Gasteiger partial charge is 0.225 e. The molecule has 2 fully saturated rings. The zero-order valence-electron chi connectivity index (χ0n) is 19.6. The summed E-state index contributed by atoms with van der Waals surface area (Å²) in [4.78, 5) is 28.5. The third-order valence-corrected chi connectivity index (χ3v) is 6.72. The van der Waals surface area contributed by atoms with Gasteiger partial charge in [0.2, 0.25) is 11.8 Å². The van der Waals surface area contributed by atoms with Crippen LogP contribution in [0.2, 0.25) is 0 Å². The van der Waals surface area contributed by atoms with Crippen LogP contribution in [0.1, 0.15) is 18.4 Å². The van der Waals surface area contributed by atoms with Gasteiger partial charge in [0, 0.05) is 56.9 Å². The van der Waals surface area contributed by atoms with Crippen molar-refractivity contribution >= 4 is 17.4 Å². The molecule has 3 heterocycles. The predicted molar refractivity (Wildman–Crippen MR) is 133 cm³/mol. The second-order valence-corrected chi connectivity index (χ2v) is 9.04. The molecule has 0 radical (unpaired) electrons. The molecule has 3 aromatic rings. The van der Waals surface area contributed by atoms with Gasteiger partial charge in [0.05, 0.1) is 0 Å². The molecule has 0 aliphatic carbocycles. The lowest BCUT2D eigenvalue weighted by Crippen LogP contribution is -2.51. The lowest BCUT2D eigenvalue weighted by Gasteiger charge is -2.39. The highest BCUT2D eigenvalue weighted by Crippen LogP contribution is 2.27. The molecule has 34 heavy (non-hydrogen) atoms. The van der Waals surface area contributed by atoms with Crippen LogP contribution in [-0.4, -0.2) is 60.0 Å². The van der Waals surface area contributed by atoms with E-state index >= 15 is 0 Å². The van der Waals surface area contributed by atoms with Crippen LogP contribution in [0.3, 0.4) is 0 Å². The molecule has 1 amide bonds. The summed E-state index contributed by atoms with van der Waals surface area (Å²) in [6, 6.07) is 20.1. The molecule has 0 N–H and O–H groups in total. The van der Waals surface area contributed by atoms with E-state index in [4.69, 9.17) is 4.74 Å². The van der Waals surface area contributed by atoms with Crippen molar-refractivity contribution in [3.63, 3.8) is 0 Å². The molecule has 0 spiro atoms. The van der Waals surface area contributed by atoms with Crippen LogP contribution in [0.15, 0.2) is 67.0 Å². The number of carbonyl (C=O) groups is 1. The van der Waals surface area contributed by atoms with Gasteiger partial charge in [0.15, 0.2) is 0 Å². The molecule has 7 nitrogen and oxygen atoms in total. The third kappa shape index (κ3) is 5.14. The maximum atomic E-state index is 13.2. The Labute approximate surface area is 201 Å². The van der Waals surface area contributed by atoms with Gasteiger partial charge in [-0.05, 0) is 49.6 Å². The summed E-state index contributed by atoms with van der Waals surface area (Å²) < 4.78 is 5.85. The number of piperazine rings is 1. The molecular weight excluding hydrogens is 426 g/mol. The maximum absolute atomic E-state index is 13.2. The summed E-state index contributed by atoms with van der Waals surface area (Å²) in [5, 5.41) is 0. The number of amides is 1. The van der Waals surface area contributed by atoms with Crippen molar-refractivity contribution in [2.24, 2.45) is 5.92 Å². The maximum Gasteiger partial charge on any atom is 0.225 e. The summed E-state index contributed by atoms with van der Waals surface area (Å²) in [5.74, 6) is 2.52. The van der Waals surface area contributed by atoms with Crippen molar-refractivity contribution in [3.8, 4) is 11.6 Å². The van der Waals surface area contributed by atoms with Gasteiger partial charge < -0.3 is 19.4 Å². The third-order valence-electron chi connectivity index (χ3n) is 6.72. The largest absolute Gasteiger partial charge is 0.439 e. The SMILES string of the molecule is Cc1cccc(N2CCN(C(=O)C3CCN(c4cc(Oc5ccccc5)ncn4)CC3)CC2)c1. The Morgan fingerprint density at radius 1 is 0.853 bits per heavy atom. The number of hydrogen-bond donors (Lipinski definition) is 0. The molecule has 2 aromatic carbocycles. The number of anilines is 2. The number of para-hydroxylation sites is 1. The van der Waals surface area contributed by atoms with Gasteiger partial charge in [0.25, 0.3) is 0 Å². The Kier molecular flexibility index (Phi) is 6.60. The zero-order valence-corrected chi connectivity index (χ0v) is 19.6. The first kappa shape index (κ1) is 22.2. The van der Waals surface area contributed by atoms with Crippen LogP contribution in [0.4, 0.5) is 11.5 Å². The second-order valence-electron chi connectivity index (χ2n) is 9.04. The fourth-order valence-corrected chi connectivity index (χ4v) is 4.79. The number of nitrogens with zero attached hydrogens (tertiary/aromatic N) is 5. The van der Waals surface area contributed by atoms with E-state index in [1.54, 1.807) is 6.33 Å². The van der Waals surface area contributed by atoms with E-state index < -0.39 is 0 Å². The fourth-order valence-electron chi connectivity index (χ4n) is 4.79. The topological polar surface area (TPSA) is 61.8 Å².